The van der Waals surface area contributed by atoms with E-state index >= 15 is 0 Å². The summed E-state index contributed by atoms with van der Waals surface area (Å²) in [6, 6.07) is 8.83. The number of Topliss-reactive ketones (excluding diaryl/α,β-unsaturated/α-hetero) is 1. The number of aliphatic hydroxyl groups is 1. The number of amides is 1. The normalized spacial score (nSPS) is 11.9. The van der Waals surface area contributed by atoms with Crippen LogP contribution in [0.3, 0.4) is 0 Å². The average molecular weight is 253 g/mol. The molecule has 2 N–H and O–H groups in total. The van der Waals surface area contributed by atoms with Crippen molar-refractivity contribution in [2.24, 2.45) is 0 Å². The highest BCUT2D eigenvalue weighted by Crippen LogP contribution is 2.12. The highest BCUT2D eigenvalue weighted by molar-refractivity contribution is 8.00. The highest BCUT2D eigenvalue weighted by atomic mass is 32.2. The molecule has 0 radical (unpaired) electrons. The molecule has 0 aliphatic rings. The van der Waals surface area contributed by atoms with Crippen LogP contribution < -0.4 is 5.32 Å². The molecule has 0 aromatic heterocycles. The van der Waals surface area contributed by atoms with Gasteiger partial charge in [-0.05, 0) is 19.1 Å². The Morgan fingerprint density at radius 3 is 2.59 bits per heavy atom. The number of thioether (sulfide) groups is 1. The maximum atomic E-state index is 11.6. The molecular weight excluding hydrogens is 238 g/mol. The summed E-state index contributed by atoms with van der Waals surface area (Å²) in [7, 11) is 0. The van der Waals surface area contributed by atoms with Gasteiger partial charge in [-0.1, -0.05) is 18.2 Å². The molecule has 0 spiro atoms. The summed E-state index contributed by atoms with van der Waals surface area (Å²) in [5.41, 5.74) is 0.602. The number of carbonyl (C=O) groups excluding carboxylic acids is 2. The van der Waals surface area contributed by atoms with Crippen molar-refractivity contribution in [3.8, 4) is 0 Å². The monoisotopic (exact) mass is 253 g/mol. The van der Waals surface area contributed by atoms with Gasteiger partial charge in [-0.2, -0.15) is 0 Å². The maximum absolute atomic E-state index is 11.6. The first-order valence-electron chi connectivity index (χ1n) is 5.28. The molecule has 1 unspecified atom stereocenters. The number of carbonyl (C=O) groups is 2. The number of aliphatic hydroxyl groups excluding tert-OH is 1. The SMILES string of the molecule is CC(SCCO)C(=O)C(=O)Nc1ccccc1. The molecule has 0 saturated carbocycles. The fourth-order valence-corrected chi connectivity index (χ4v) is 1.92. The molecule has 1 aromatic rings. The van der Waals surface area contributed by atoms with E-state index in [0.29, 0.717) is 11.4 Å². The van der Waals surface area contributed by atoms with E-state index < -0.39 is 16.9 Å². The molecule has 1 aromatic carbocycles. The first-order chi connectivity index (χ1) is 8.15. The Kier molecular flexibility index (Phi) is 5.72. The minimum absolute atomic E-state index is 0.00257. The number of hydrogen-bond acceptors (Lipinski definition) is 4. The van der Waals surface area contributed by atoms with Gasteiger partial charge in [0.25, 0.3) is 5.91 Å². The summed E-state index contributed by atoms with van der Waals surface area (Å²) >= 11 is 1.26. The number of anilines is 1. The molecule has 0 aliphatic heterocycles. The van der Waals surface area contributed by atoms with Gasteiger partial charge in [-0.15, -0.1) is 11.8 Å². The molecule has 5 heteroatoms. The number of para-hydroxylation sites is 1. The summed E-state index contributed by atoms with van der Waals surface area (Å²) in [6.45, 7) is 1.66. The van der Waals surface area contributed by atoms with Crippen LogP contribution in [0, 0.1) is 0 Å². The van der Waals surface area contributed by atoms with Crippen LogP contribution in [0.2, 0.25) is 0 Å². The van der Waals surface area contributed by atoms with Crippen molar-refractivity contribution in [3.05, 3.63) is 30.3 Å². The van der Waals surface area contributed by atoms with Crippen LogP contribution in [-0.2, 0) is 9.59 Å². The maximum Gasteiger partial charge on any atom is 0.292 e. The third-order valence-corrected chi connectivity index (χ3v) is 3.22. The Hall–Kier alpha value is -1.33. The molecule has 17 heavy (non-hydrogen) atoms. The average Bonchev–Trinajstić information content (AvgIpc) is 2.36. The van der Waals surface area contributed by atoms with Crippen molar-refractivity contribution in [2.45, 2.75) is 12.2 Å². The fraction of sp³-hybridized carbons (Fsp3) is 0.333. The fourth-order valence-electron chi connectivity index (χ4n) is 1.20. The predicted octanol–water partition coefficient (Wildman–Crippen LogP) is 1.31. The molecule has 0 saturated heterocycles. The Morgan fingerprint density at radius 1 is 1.35 bits per heavy atom. The zero-order chi connectivity index (χ0) is 12.7. The lowest BCUT2D eigenvalue weighted by Gasteiger charge is -2.09. The smallest absolute Gasteiger partial charge is 0.292 e. The van der Waals surface area contributed by atoms with E-state index in [-0.39, 0.29) is 6.61 Å². The highest BCUT2D eigenvalue weighted by Gasteiger charge is 2.21. The first-order valence-corrected chi connectivity index (χ1v) is 6.32. The quantitative estimate of drug-likeness (QED) is 0.750. The van der Waals surface area contributed by atoms with E-state index in [2.05, 4.69) is 5.32 Å². The lowest BCUT2D eigenvalue weighted by atomic mass is 10.2. The Balaban J connectivity index is 2.50. The Bertz CT molecular complexity index is 381. The van der Waals surface area contributed by atoms with Crippen LogP contribution in [0.4, 0.5) is 5.69 Å². The van der Waals surface area contributed by atoms with Gasteiger partial charge >= 0.3 is 0 Å². The van der Waals surface area contributed by atoms with Crippen molar-refractivity contribution in [2.75, 3.05) is 17.7 Å². The van der Waals surface area contributed by atoms with Crippen LogP contribution in [0.15, 0.2) is 30.3 Å². The Labute approximate surface area is 104 Å². The molecule has 1 amide bonds. The van der Waals surface area contributed by atoms with Crippen molar-refractivity contribution in [1.29, 1.82) is 0 Å². The van der Waals surface area contributed by atoms with Crippen LogP contribution in [0.5, 0.6) is 0 Å². The topological polar surface area (TPSA) is 66.4 Å². The summed E-state index contributed by atoms with van der Waals surface area (Å²) in [5.74, 6) is -0.646. The van der Waals surface area contributed by atoms with Crippen LogP contribution >= 0.6 is 11.8 Å². The van der Waals surface area contributed by atoms with E-state index in [9.17, 15) is 9.59 Å². The second kappa shape index (κ2) is 7.09. The molecule has 92 valence electrons. The summed E-state index contributed by atoms with van der Waals surface area (Å²) < 4.78 is 0. The summed E-state index contributed by atoms with van der Waals surface area (Å²) in [5, 5.41) is 10.7. The summed E-state index contributed by atoms with van der Waals surface area (Å²) in [4.78, 5) is 23.2. The van der Waals surface area contributed by atoms with Gasteiger partial charge in [0.05, 0.1) is 11.9 Å². The first kappa shape index (κ1) is 13.7. The molecule has 4 nitrogen and oxygen atoms in total. The van der Waals surface area contributed by atoms with Gasteiger partial charge in [0.1, 0.15) is 0 Å². The third-order valence-electron chi connectivity index (χ3n) is 2.08. The molecule has 0 aliphatic carbocycles. The molecule has 0 fully saturated rings. The molecular formula is C12H15NO3S. The second-order valence-electron chi connectivity index (χ2n) is 3.42. The van der Waals surface area contributed by atoms with Gasteiger partial charge in [0.15, 0.2) is 0 Å². The third kappa shape index (κ3) is 4.58. The van der Waals surface area contributed by atoms with E-state index in [4.69, 9.17) is 5.11 Å². The zero-order valence-electron chi connectivity index (χ0n) is 9.55. The molecule has 0 heterocycles. The van der Waals surface area contributed by atoms with Crippen LogP contribution in [0.1, 0.15) is 6.92 Å². The second-order valence-corrected chi connectivity index (χ2v) is 4.87. The van der Waals surface area contributed by atoms with Crippen molar-refractivity contribution in [1.82, 2.24) is 0 Å². The minimum atomic E-state index is -0.617. The van der Waals surface area contributed by atoms with Crippen LogP contribution in [-0.4, -0.2) is 34.4 Å². The van der Waals surface area contributed by atoms with E-state index in [1.807, 2.05) is 6.07 Å². The van der Waals surface area contributed by atoms with Gasteiger partial charge in [0.2, 0.25) is 5.78 Å². The molecule has 1 atom stereocenters. The van der Waals surface area contributed by atoms with Crippen molar-refractivity contribution >= 4 is 29.1 Å². The Morgan fingerprint density at radius 2 is 2.00 bits per heavy atom. The largest absolute Gasteiger partial charge is 0.396 e. The van der Waals surface area contributed by atoms with E-state index in [0.717, 1.165) is 0 Å². The van der Waals surface area contributed by atoms with Crippen molar-refractivity contribution in [3.63, 3.8) is 0 Å². The number of nitrogens with one attached hydrogen (secondary N) is 1. The van der Waals surface area contributed by atoms with E-state index in [1.54, 1.807) is 31.2 Å². The molecule has 1 rings (SSSR count). The number of ketones is 1. The minimum Gasteiger partial charge on any atom is -0.396 e. The van der Waals surface area contributed by atoms with Gasteiger partial charge in [0, 0.05) is 11.4 Å². The standard InChI is InChI=1S/C12H15NO3S/c1-9(17-8-7-14)11(15)12(16)13-10-5-3-2-4-6-10/h2-6,9,14H,7-8H2,1H3,(H,13,16). The van der Waals surface area contributed by atoms with Crippen molar-refractivity contribution < 1.29 is 14.7 Å². The number of hydrogen-bond donors (Lipinski definition) is 2. The summed E-state index contributed by atoms with van der Waals surface area (Å²) in [6.07, 6.45) is 0. The molecule has 0 bridgehead atoms. The van der Waals surface area contributed by atoms with Gasteiger partial charge < -0.3 is 10.4 Å². The number of rotatable bonds is 6. The predicted molar refractivity (Wildman–Crippen MR) is 69.1 cm³/mol. The van der Waals surface area contributed by atoms with Gasteiger partial charge in [-0.25, -0.2) is 0 Å². The van der Waals surface area contributed by atoms with Gasteiger partial charge in [-0.3, -0.25) is 9.59 Å². The van der Waals surface area contributed by atoms with Crippen LogP contribution in [0.25, 0.3) is 0 Å². The lowest BCUT2D eigenvalue weighted by Crippen LogP contribution is -2.30. The lowest BCUT2D eigenvalue weighted by molar-refractivity contribution is -0.134. The zero-order valence-corrected chi connectivity index (χ0v) is 10.4. The van der Waals surface area contributed by atoms with E-state index in [1.165, 1.54) is 11.8 Å². The number of benzene rings is 1.